The van der Waals surface area contributed by atoms with E-state index in [1.54, 1.807) is 0 Å². The summed E-state index contributed by atoms with van der Waals surface area (Å²) in [6.07, 6.45) is 6.64. The van der Waals surface area contributed by atoms with Crippen molar-refractivity contribution in [2.24, 2.45) is 5.92 Å². The van der Waals surface area contributed by atoms with Crippen LogP contribution in [-0.4, -0.2) is 72.9 Å². The molecular formula is C75H70BIN8O5. The number of nitrogens with one attached hydrogen (secondary N) is 2. The molecule has 1 amide bonds. The Morgan fingerprint density at radius 2 is 1.17 bits per heavy atom. The molecule has 8 aromatic carbocycles. The molecule has 90 heavy (non-hydrogen) atoms. The van der Waals surface area contributed by atoms with Gasteiger partial charge in [-0.2, -0.15) is 5.10 Å². The second kappa shape index (κ2) is 25.7. The largest absolute Gasteiger partial charge is 0.498 e. The molecule has 0 unspecified atom stereocenters. The molecule has 1 aliphatic heterocycles. The molecule has 2 N–H and O–H groups in total. The molecule has 3 atom stereocenters. The summed E-state index contributed by atoms with van der Waals surface area (Å²) < 4.78 is 30.5. The monoisotopic (exact) mass is 1300 g/mol. The molecule has 15 heteroatoms. The molecule has 11 aromatic rings. The number of alkyl carbamates (subject to hydrolysis) is 1. The average molecular weight is 1300 g/mol. The highest BCUT2D eigenvalue weighted by molar-refractivity contribution is 14.1. The van der Waals surface area contributed by atoms with Crippen LogP contribution in [0.3, 0.4) is 0 Å². The summed E-state index contributed by atoms with van der Waals surface area (Å²) >= 11 is 2.36. The van der Waals surface area contributed by atoms with Crippen molar-refractivity contribution < 1.29 is 23.6 Å². The minimum absolute atomic E-state index is 0.0856. The predicted molar refractivity (Wildman–Crippen MR) is 364 cm³/mol. The normalized spacial score (nSPS) is 17.3. The maximum atomic E-state index is 14.1. The summed E-state index contributed by atoms with van der Waals surface area (Å²) in [5, 5.41) is 22.0. The van der Waals surface area contributed by atoms with Gasteiger partial charge in [0, 0.05) is 45.9 Å². The summed E-state index contributed by atoms with van der Waals surface area (Å²) in [7, 11) is -0.494. The summed E-state index contributed by atoms with van der Waals surface area (Å²) in [6, 6.07) is 83.4. The number of hydrogen-bond acceptors (Lipinski definition) is 10. The molecule has 13 nitrogen and oxygen atoms in total. The van der Waals surface area contributed by atoms with Gasteiger partial charge in [-0.1, -0.05) is 236 Å². The Morgan fingerprint density at radius 3 is 1.71 bits per heavy atom. The van der Waals surface area contributed by atoms with Crippen LogP contribution in [0.1, 0.15) is 90.6 Å². The van der Waals surface area contributed by atoms with Crippen LogP contribution in [0.25, 0.3) is 14.7 Å². The van der Waals surface area contributed by atoms with Gasteiger partial charge in [-0.05, 0) is 126 Å². The van der Waals surface area contributed by atoms with Crippen LogP contribution in [0.15, 0.2) is 261 Å². The van der Waals surface area contributed by atoms with E-state index in [-0.39, 0.29) is 24.7 Å². The molecule has 450 valence electrons. The lowest BCUT2D eigenvalue weighted by Gasteiger charge is -2.38. The second-order valence-electron chi connectivity index (χ2n) is 24.3. The van der Waals surface area contributed by atoms with Gasteiger partial charge in [-0.15, -0.1) is 5.10 Å². The minimum Gasteiger partial charge on any atom is -0.490 e. The zero-order chi connectivity index (χ0) is 61.7. The first kappa shape index (κ1) is 59.8. The number of carbonyl (C=O) groups is 1. The maximum Gasteiger partial charge on any atom is 0.498 e. The van der Waals surface area contributed by atoms with Gasteiger partial charge in [0.2, 0.25) is 0 Å². The van der Waals surface area contributed by atoms with E-state index in [1.165, 1.54) is 5.56 Å². The van der Waals surface area contributed by atoms with Crippen molar-refractivity contribution in [1.82, 2.24) is 35.1 Å². The van der Waals surface area contributed by atoms with Crippen molar-refractivity contribution in [3.8, 4) is 5.75 Å². The summed E-state index contributed by atoms with van der Waals surface area (Å²) in [5.41, 5.74) is 8.16. The second-order valence-corrected chi connectivity index (χ2v) is 25.4. The Kier molecular flexibility index (Phi) is 17.1. The molecule has 0 spiro atoms. The van der Waals surface area contributed by atoms with E-state index in [9.17, 15) is 4.79 Å². The quantitative estimate of drug-likeness (QED) is 0.0431. The van der Waals surface area contributed by atoms with Crippen LogP contribution in [0, 0.1) is 5.92 Å². The highest BCUT2D eigenvalue weighted by Gasteiger charge is 2.52. The Labute approximate surface area is 539 Å². The van der Waals surface area contributed by atoms with Gasteiger partial charge in [-0.3, -0.25) is 4.68 Å². The Morgan fingerprint density at radius 1 is 0.656 bits per heavy atom. The summed E-state index contributed by atoms with van der Waals surface area (Å²) in [6.45, 7) is 8.90. The molecular weight excluding hydrogens is 1230 g/mol. The fraction of sp³-hybridized carbons (Fsp3) is 0.213. The van der Waals surface area contributed by atoms with Gasteiger partial charge in [0.05, 0.1) is 17.7 Å². The SMILES string of the molecule is CC1(C)OB(c2cnn(Cc3cccc(O[C@@H]4C[C@@H](OC(=O)NC/C=C(\I)c5cc(NC(c6ccccc6)(c6ccccc6)c6ccccc6)nc6c5nnn6C(c5ccccc5)(c5ccccc5)c5ccccc5)C[C@@H]4Cc4ccccc4)c3)c2)OC1(C)C. The van der Waals surface area contributed by atoms with E-state index in [2.05, 4.69) is 220 Å². The number of anilines is 1. The zero-order valence-electron chi connectivity index (χ0n) is 50.8. The number of aromatic nitrogens is 6. The van der Waals surface area contributed by atoms with Crippen molar-refractivity contribution in [2.45, 2.75) is 88.0 Å². The van der Waals surface area contributed by atoms with Gasteiger partial charge in [0.25, 0.3) is 0 Å². The average Bonchev–Trinajstić information content (AvgIpc) is 1.28. The number of rotatable bonds is 20. The number of ether oxygens (including phenoxy) is 2. The van der Waals surface area contributed by atoms with Gasteiger partial charge >= 0.3 is 13.2 Å². The van der Waals surface area contributed by atoms with E-state index in [4.69, 9.17) is 34.1 Å². The highest BCUT2D eigenvalue weighted by Crippen LogP contribution is 2.45. The van der Waals surface area contributed by atoms with E-state index in [0.29, 0.717) is 36.4 Å². The van der Waals surface area contributed by atoms with E-state index in [0.717, 1.165) is 65.7 Å². The van der Waals surface area contributed by atoms with Crippen LogP contribution < -0.4 is 20.8 Å². The Hall–Kier alpha value is -9.16. The number of carbonyl (C=O) groups excluding carboxylic acids is 1. The molecule has 3 aromatic heterocycles. The lowest BCUT2D eigenvalue weighted by molar-refractivity contribution is 0.00578. The van der Waals surface area contributed by atoms with E-state index >= 15 is 0 Å². The lowest BCUT2D eigenvalue weighted by Crippen LogP contribution is -2.41. The van der Waals surface area contributed by atoms with Crippen molar-refractivity contribution in [3.63, 3.8) is 0 Å². The van der Waals surface area contributed by atoms with Crippen LogP contribution >= 0.6 is 22.6 Å². The first-order chi connectivity index (χ1) is 43.9. The molecule has 1 saturated heterocycles. The van der Waals surface area contributed by atoms with Gasteiger partial charge < -0.3 is 29.4 Å². The predicted octanol–water partition coefficient (Wildman–Crippen LogP) is 14.6. The van der Waals surface area contributed by atoms with Crippen LogP contribution in [0.5, 0.6) is 5.75 Å². The van der Waals surface area contributed by atoms with Crippen molar-refractivity contribution in [2.75, 3.05) is 11.9 Å². The maximum absolute atomic E-state index is 14.1. The number of benzene rings is 8. The first-order valence-corrected chi connectivity index (χ1v) is 31.8. The summed E-state index contributed by atoms with van der Waals surface area (Å²) in [4.78, 5) is 19.7. The topological polar surface area (TPSA) is 139 Å². The van der Waals surface area contributed by atoms with Gasteiger partial charge in [-0.25, -0.2) is 14.5 Å². The number of fused-ring (bicyclic) bond motifs is 1. The van der Waals surface area contributed by atoms with Gasteiger partial charge in [0.1, 0.15) is 40.4 Å². The van der Waals surface area contributed by atoms with Crippen molar-refractivity contribution in [3.05, 3.63) is 311 Å². The number of amides is 1. The van der Waals surface area contributed by atoms with Crippen LogP contribution in [0.2, 0.25) is 0 Å². The summed E-state index contributed by atoms with van der Waals surface area (Å²) in [5.74, 6) is 1.41. The number of nitrogens with zero attached hydrogens (tertiary/aromatic N) is 6. The minimum atomic E-state index is -1.03. The molecule has 13 rings (SSSR count). The fourth-order valence-corrected chi connectivity index (χ4v) is 13.5. The number of hydrogen-bond donors (Lipinski definition) is 2. The number of halogens is 1. The molecule has 2 fully saturated rings. The smallest absolute Gasteiger partial charge is 0.490 e. The molecule has 0 bridgehead atoms. The number of pyridine rings is 1. The third kappa shape index (κ3) is 12.1. The van der Waals surface area contributed by atoms with Crippen molar-refractivity contribution >= 4 is 61.8 Å². The Bertz CT molecular complexity index is 4040. The molecule has 0 radical (unpaired) electrons. The van der Waals surface area contributed by atoms with E-state index < -0.39 is 35.5 Å². The Balaban J connectivity index is 0.806. The molecule has 1 aliphatic carbocycles. The molecule has 4 heterocycles. The zero-order valence-corrected chi connectivity index (χ0v) is 52.9. The van der Waals surface area contributed by atoms with Crippen LogP contribution in [0.4, 0.5) is 10.6 Å². The van der Waals surface area contributed by atoms with E-state index in [1.807, 2.05) is 116 Å². The third-order valence-electron chi connectivity index (χ3n) is 17.9. The highest BCUT2D eigenvalue weighted by atomic mass is 127. The molecule has 1 saturated carbocycles. The fourth-order valence-electron chi connectivity index (χ4n) is 12.8. The lowest BCUT2D eigenvalue weighted by atomic mass is 9.77. The molecule has 2 aliphatic rings. The van der Waals surface area contributed by atoms with Crippen molar-refractivity contribution in [1.29, 1.82) is 0 Å². The van der Waals surface area contributed by atoms with Crippen LogP contribution in [-0.2, 0) is 38.1 Å². The first-order valence-electron chi connectivity index (χ1n) is 30.7. The standard InChI is InChI=1S/C75H70BIN8O5/c1-72(2)73(3,4)90-76(89-72)62-50-79-84(52-62)51-54-29-26-42-63(46-54)87-67-48-64(47-55(67)45-53-27-12-5-13-28-53)88-71(86)78-44-43-66(77)65-49-68(81-74(56-30-14-6-15-31-56,57-32-16-7-17-33-57)58-34-18-8-19-35-58)80-70-69(65)82-83-85(70)75(59-36-20-9-21-37-59,60-38-22-10-23-39-60)61-40-24-11-25-41-61/h5-43,46,49-50,52,55,64,67H,44-45,47-48,51H2,1-4H3,(H,78,86)(H,80,81)/b66-43-/t55-,64-,67+/m0/s1. The third-order valence-corrected chi connectivity index (χ3v) is 19.0. The van der Waals surface area contributed by atoms with Gasteiger partial charge in [0.15, 0.2) is 5.65 Å².